The van der Waals surface area contributed by atoms with Gasteiger partial charge in [-0.3, -0.25) is 19.8 Å². The molecule has 0 atom stereocenters. The van der Waals surface area contributed by atoms with Crippen molar-refractivity contribution in [3.05, 3.63) is 33.4 Å². The van der Waals surface area contributed by atoms with Gasteiger partial charge in [-0.1, -0.05) is 31.7 Å². The van der Waals surface area contributed by atoms with Crippen molar-refractivity contribution in [2.75, 3.05) is 18.9 Å². The van der Waals surface area contributed by atoms with Gasteiger partial charge in [-0.2, -0.15) is 0 Å². The van der Waals surface area contributed by atoms with E-state index in [-0.39, 0.29) is 18.1 Å². The molecule has 0 aliphatic heterocycles. The molecule has 24 heavy (non-hydrogen) atoms. The second-order valence-corrected chi connectivity index (χ2v) is 6.77. The Morgan fingerprint density at radius 2 is 1.88 bits per heavy atom. The van der Waals surface area contributed by atoms with Crippen LogP contribution in [0.1, 0.15) is 49.7 Å². The van der Waals surface area contributed by atoms with Crippen molar-refractivity contribution in [3.8, 4) is 0 Å². The van der Waals surface area contributed by atoms with Gasteiger partial charge in [0.2, 0.25) is 5.91 Å². The fourth-order valence-electron chi connectivity index (χ4n) is 3.34. The summed E-state index contributed by atoms with van der Waals surface area (Å²) in [4.78, 5) is 25.3. The van der Waals surface area contributed by atoms with Gasteiger partial charge in [0.25, 0.3) is 5.69 Å². The molecule has 132 valence electrons. The molecule has 1 aliphatic carbocycles. The van der Waals surface area contributed by atoms with E-state index in [1.165, 1.54) is 31.7 Å². The van der Waals surface area contributed by atoms with Gasteiger partial charge in [0, 0.05) is 12.1 Å². The summed E-state index contributed by atoms with van der Waals surface area (Å²) in [6.45, 7) is 3.94. The average molecular weight is 333 g/mol. The van der Waals surface area contributed by atoms with Gasteiger partial charge in [-0.15, -0.1) is 0 Å². The standard InChI is InChI=1S/C18H27N3O3/c1-13-10-11-16(21(23)24)18(14(13)2)19-17(22)12-20(3)15-8-6-4-5-7-9-15/h10-11,15H,4-9,12H2,1-3H3,(H,19,22). The van der Waals surface area contributed by atoms with Crippen molar-refractivity contribution in [1.29, 1.82) is 0 Å². The number of hydrogen-bond acceptors (Lipinski definition) is 4. The molecule has 0 bridgehead atoms. The molecular weight excluding hydrogens is 306 g/mol. The van der Waals surface area contributed by atoms with Crippen molar-refractivity contribution in [3.63, 3.8) is 0 Å². The number of likely N-dealkylation sites (N-methyl/N-ethyl adjacent to an activating group) is 1. The first-order chi connectivity index (χ1) is 11.4. The molecule has 0 saturated heterocycles. The van der Waals surface area contributed by atoms with Gasteiger partial charge in [-0.25, -0.2) is 0 Å². The fraction of sp³-hybridized carbons (Fsp3) is 0.611. The lowest BCUT2D eigenvalue weighted by molar-refractivity contribution is -0.384. The summed E-state index contributed by atoms with van der Waals surface area (Å²) >= 11 is 0. The van der Waals surface area contributed by atoms with Crippen molar-refractivity contribution in [1.82, 2.24) is 4.90 Å². The maximum atomic E-state index is 12.4. The highest BCUT2D eigenvalue weighted by atomic mass is 16.6. The van der Waals surface area contributed by atoms with Crippen molar-refractivity contribution in [2.24, 2.45) is 0 Å². The summed E-state index contributed by atoms with van der Waals surface area (Å²) in [7, 11) is 1.97. The number of hydrogen-bond donors (Lipinski definition) is 1. The number of nitrogens with zero attached hydrogens (tertiary/aromatic N) is 2. The van der Waals surface area contributed by atoms with E-state index >= 15 is 0 Å². The molecule has 0 aromatic heterocycles. The van der Waals surface area contributed by atoms with Gasteiger partial charge < -0.3 is 5.32 Å². The summed E-state index contributed by atoms with van der Waals surface area (Å²) in [5.41, 5.74) is 1.94. The number of carbonyl (C=O) groups is 1. The monoisotopic (exact) mass is 333 g/mol. The molecule has 1 aromatic rings. The second kappa shape index (κ2) is 8.24. The molecule has 1 saturated carbocycles. The highest BCUT2D eigenvalue weighted by Crippen LogP contribution is 2.30. The zero-order valence-electron chi connectivity index (χ0n) is 14.8. The van der Waals surface area contributed by atoms with Crippen LogP contribution < -0.4 is 5.32 Å². The maximum Gasteiger partial charge on any atom is 0.293 e. The maximum absolute atomic E-state index is 12.4. The number of anilines is 1. The minimum Gasteiger partial charge on any atom is -0.319 e. The molecule has 0 unspecified atom stereocenters. The number of rotatable bonds is 5. The predicted octanol–water partition coefficient (Wildman–Crippen LogP) is 3.80. The van der Waals surface area contributed by atoms with Crippen LogP contribution in [-0.2, 0) is 4.79 Å². The molecule has 0 radical (unpaired) electrons. The third-order valence-electron chi connectivity index (χ3n) is 5.02. The zero-order valence-corrected chi connectivity index (χ0v) is 14.8. The Kier molecular flexibility index (Phi) is 6.31. The van der Waals surface area contributed by atoms with Crippen LogP contribution >= 0.6 is 0 Å². The van der Waals surface area contributed by atoms with Crippen LogP contribution in [0.2, 0.25) is 0 Å². The summed E-state index contributed by atoms with van der Waals surface area (Å²) in [5, 5.41) is 14.0. The van der Waals surface area contributed by atoms with Crippen LogP contribution in [0.15, 0.2) is 12.1 Å². The number of nitro groups is 1. The van der Waals surface area contributed by atoms with E-state index in [1.807, 2.05) is 14.0 Å². The number of nitrogens with one attached hydrogen (secondary N) is 1. The summed E-state index contributed by atoms with van der Waals surface area (Å²) in [6.07, 6.45) is 7.19. The minimum absolute atomic E-state index is 0.0523. The van der Waals surface area contributed by atoms with Crippen LogP contribution in [0.25, 0.3) is 0 Å². The zero-order chi connectivity index (χ0) is 17.7. The molecule has 6 nitrogen and oxygen atoms in total. The third kappa shape index (κ3) is 4.54. The Hall–Kier alpha value is -1.95. The molecule has 0 heterocycles. The van der Waals surface area contributed by atoms with E-state index in [4.69, 9.17) is 0 Å². The number of nitro benzene ring substituents is 1. The molecular formula is C18H27N3O3. The third-order valence-corrected chi connectivity index (χ3v) is 5.02. The van der Waals surface area contributed by atoms with Gasteiger partial charge in [-0.05, 0) is 44.9 Å². The van der Waals surface area contributed by atoms with Crippen molar-refractivity contribution >= 4 is 17.3 Å². The highest BCUT2D eigenvalue weighted by Gasteiger charge is 2.22. The van der Waals surface area contributed by atoms with Crippen molar-refractivity contribution in [2.45, 2.75) is 58.4 Å². The van der Waals surface area contributed by atoms with Gasteiger partial charge in [0.15, 0.2) is 0 Å². The van der Waals surface area contributed by atoms with Gasteiger partial charge in [0.1, 0.15) is 5.69 Å². The lowest BCUT2D eigenvalue weighted by atomic mass is 10.1. The van der Waals surface area contributed by atoms with E-state index < -0.39 is 4.92 Å². The molecule has 0 spiro atoms. The van der Waals surface area contributed by atoms with Crippen LogP contribution in [-0.4, -0.2) is 35.4 Å². The molecule has 1 fully saturated rings. The lowest BCUT2D eigenvalue weighted by Gasteiger charge is -2.26. The van der Waals surface area contributed by atoms with Crippen molar-refractivity contribution < 1.29 is 9.72 Å². The normalized spacial score (nSPS) is 16.0. The number of amides is 1. The van der Waals surface area contributed by atoms with E-state index in [2.05, 4.69) is 10.2 Å². The first-order valence-corrected chi connectivity index (χ1v) is 8.65. The molecule has 1 aliphatic rings. The topological polar surface area (TPSA) is 75.5 Å². The van der Waals surface area contributed by atoms with Crippen LogP contribution in [0.4, 0.5) is 11.4 Å². The predicted molar refractivity (Wildman–Crippen MR) is 95.3 cm³/mol. The van der Waals surface area contributed by atoms with E-state index in [1.54, 1.807) is 13.0 Å². The first-order valence-electron chi connectivity index (χ1n) is 8.65. The second-order valence-electron chi connectivity index (χ2n) is 6.77. The Bertz CT molecular complexity index is 608. The van der Waals surface area contributed by atoms with E-state index in [9.17, 15) is 14.9 Å². The summed E-state index contributed by atoms with van der Waals surface area (Å²) < 4.78 is 0. The molecule has 6 heteroatoms. The number of aryl methyl sites for hydroxylation is 1. The Morgan fingerprint density at radius 1 is 1.25 bits per heavy atom. The van der Waals surface area contributed by atoms with E-state index in [0.29, 0.717) is 11.7 Å². The number of benzene rings is 1. The molecule has 2 rings (SSSR count). The summed E-state index contributed by atoms with van der Waals surface area (Å²) in [5.74, 6) is -0.196. The summed E-state index contributed by atoms with van der Waals surface area (Å²) in [6, 6.07) is 3.58. The van der Waals surface area contributed by atoms with Crippen LogP contribution in [0, 0.1) is 24.0 Å². The van der Waals surface area contributed by atoms with Crippen LogP contribution in [0.3, 0.4) is 0 Å². The number of carbonyl (C=O) groups excluding carboxylic acids is 1. The molecule has 1 N–H and O–H groups in total. The largest absolute Gasteiger partial charge is 0.319 e. The SMILES string of the molecule is Cc1ccc([N+](=O)[O-])c(NC(=O)CN(C)C2CCCCCC2)c1C. The minimum atomic E-state index is -0.447. The molecule has 1 aromatic carbocycles. The highest BCUT2D eigenvalue weighted by molar-refractivity contribution is 5.95. The van der Waals surface area contributed by atoms with Gasteiger partial charge >= 0.3 is 0 Å². The van der Waals surface area contributed by atoms with Crippen LogP contribution in [0.5, 0.6) is 0 Å². The first kappa shape index (κ1) is 18.4. The Balaban J connectivity index is 2.06. The average Bonchev–Trinajstić information content (AvgIpc) is 2.80. The van der Waals surface area contributed by atoms with Gasteiger partial charge in [0.05, 0.1) is 11.5 Å². The lowest BCUT2D eigenvalue weighted by Crippen LogP contribution is -2.38. The fourth-order valence-corrected chi connectivity index (χ4v) is 3.34. The Labute approximate surface area is 143 Å². The van der Waals surface area contributed by atoms with E-state index in [0.717, 1.165) is 24.0 Å². The smallest absolute Gasteiger partial charge is 0.293 e. The molecule has 1 amide bonds. The Morgan fingerprint density at radius 3 is 2.46 bits per heavy atom. The quantitative estimate of drug-likeness (QED) is 0.505.